The molecule has 3 nitrogen and oxygen atoms in total. The largest absolute Gasteiger partial charge is 0.390 e. The van der Waals surface area contributed by atoms with E-state index in [1.165, 1.54) is 0 Å². The van der Waals surface area contributed by atoms with Gasteiger partial charge in [0.15, 0.2) is 0 Å². The van der Waals surface area contributed by atoms with Crippen LogP contribution in [0.4, 0.5) is 4.39 Å². The van der Waals surface area contributed by atoms with E-state index in [0.717, 1.165) is 12.1 Å². The van der Waals surface area contributed by atoms with Crippen molar-refractivity contribution in [3.63, 3.8) is 0 Å². The average Bonchev–Trinajstić information content (AvgIpc) is 2.23. The van der Waals surface area contributed by atoms with E-state index in [9.17, 15) is 9.50 Å². The molecule has 76 valence electrons. The Kier molecular flexibility index (Phi) is 2.72. The lowest BCUT2D eigenvalue weighted by Gasteiger charge is -2.27. The van der Waals surface area contributed by atoms with Crippen LogP contribution in [0.5, 0.6) is 0 Å². The van der Waals surface area contributed by atoms with Gasteiger partial charge in [-0.1, -0.05) is 0 Å². The van der Waals surface area contributed by atoms with Crippen LogP contribution in [0.1, 0.15) is 30.9 Å². The second-order valence-electron chi connectivity index (χ2n) is 3.72. The number of halogens is 1. The van der Waals surface area contributed by atoms with Crippen LogP contribution in [0.15, 0.2) is 18.6 Å². The highest BCUT2D eigenvalue weighted by atomic mass is 19.1. The first-order chi connectivity index (χ1) is 6.77. The van der Waals surface area contributed by atoms with Crippen LogP contribution in [0.3, 0.4) is 0 Å². The summed E-state index contributed by atoms with van der Waals surface area (Å²) in [4.78, 5) is 8.11. The highest BCUT2D eigenvalue weighted by Crippen LogP contribution is 2.32. The average molecular weight is 196 g/mol. The second kappa shape index (κ2) is 4.00. The van der Waals surface area contributed by atoms with E-state index in [1.54, 1.807) is 18.6 Å². The number of alkyl halides is 1. The Balaban J connectivity index is 2.07. The normalized spacial score (nSPS) is 32.9. The van der Waals surface area contributed by atoms with Crippen LogP contribution >= 0.6 is 0 Å². The van der Waals surface area contributed by atoms with Crippen molar-refractivity contribution in [1.29, 1.82) is 0 Å². The van der Waals surface area contributed by atoms with E-state index in [1.807, 2.05) is 0 Å². The van der Waals surface area contributed by atoms with E-state index in [4.69, 9.17) is 0 Å². The standard InChI is InChI=1S/C10H13FN2O/c11-8-5-7(1-2-10(8)14)9-6-12-3-4-13-9/h3-4,6-8,10,14H,1-2,5H2/t7-,8+,10-/m0/s1. The molecule has 0 unspecified atom stereocenters. The molecular formula is C10H13FN2O. The SMILES string of the molecule is O[C@H]1CC[C@H](c2cnccn2)C[C@H]1F. The molecule has 4 heteroatoms. The lowest BCUT2D eigenvalue weighted by Crippen LogP contribution is -2.29. The fourth-order valence-corrected chi connectivity index (χ4v) is 1.89. The van der Waals surface area contributed by atoms with E-state index in [-0.39, 0.29) is 5.92 Å². The van der Waals surface area contributed by atoms with Crippen LogP contribution in [0.25, 0.3) is 0 Å². The van der Waals surface area contributed by atoms with Crippen molar-refractivity contribution in [3.8, 4) is 0 Å². The predicted molar refractivity (Wildman–Crippen MR) is 49.5 cm³/mol. The van der Waals surface area contributed by atoms with E-state index >= 15 is 0 Å². The molecule has 1 N–H and O–H groups in total. The molecule has 1 aliphatic rings. The lowest BCUT2D eigenvalue weighted by atomic mass is 9.84. The van der Waals surface area contributed by atoms with Crippen LogP contribution in [0.2, 0.25) is 0 Å². The molecule has 3 atom stereocenters. The number of nitrogens with zero attached hydrogens (tertiary/aromatic N) is 2. The second-order valence-corrected chi connectivity index (χ2v) is 3.72. The minimum absolute atomic E-state index is 0.113. The topological polar surface area (TPSA) is 46.0 Å². The smallest absolute Gasteiger partial charge is 0.127 e. The molecule has 0 spiro atoms. The van der Waals surface area contributed by atoms with Crippen LogP contribution < -0.4 is 0 Å². The van der Waals surface area contributed by atoms with Gasteiger partial charge in [-0.15, -0.1) is 0 Å². The van der Waals surface area contributed by atoms with Gasteiger partial charge in [-0.2, -0.15) is 0 Å². The van der Waals surface area contributed by atoms with E-state index in [2.05, 4.69) is 9.97 Å². The third-order valence-corrected chi connectivity index (χ3v) is 2.74. The molecule has 1 aromatic heterocycles. The first-order valence-corrected chi connectivity index (χ1v) is 4.85. The van der Waals surface area contributed by atoms with Gasteiger partial charge in [-0.05, 0) is 19.3 Å². The van der Waals surface area contributed by atoms with Crippen molar-refractivity contribution in [2.45, 2.75) is 37.5 Å². The van der Waals surface area contributed by atoms with Crippen molar-refractivity contribution in [3.05, 3.63) is 24.3 Å². The van der Waals surface area contributed by atoms with Crippen molar-refractivity contribution in [1.82, 2.24) is 9.97 Å². The summed E-state index contributed by atoms with van der Waals surface area (Å²) in [6.45, 7) is 0. The minimum atomic E-state index is -1.12. The van der Waals surface area contributed by atoms with Gasteiger partial charge in [0.05, 0.1) is 11.8 Å². The number of rotatable bonds is 1. The van der Waals surface area contributed by atoms with Gasteiger partial charge in [-0.25, -0.2) is 4.39 Å². The monoisotopic (exact) mass is 196 g/mol. The molecular weight excluding hydrogens is 183 g/mol. The number of hydrogen-bond acceptors (Lipinski definition) is 3. The van der Waals surface area contributed by atoms with Crippen LogP contribution in [-0.4, -0.2) is 27.4 Å². The summed E-state index contributed by atoms with van der Waals surface area (Å²) < 4.78 is 13.2. The molecule has 1 heterocycles. The third-order valence-electron chi connectivity index (χ3n) is 2.74. The zero-order valence-corrected chi connectivity index (χ0v) is 7.81. The molecule has 1 saturated carbocycles. The molecule has 0 bridgehead atoms. The summed E-state index contributed by atoms with van der Waals surface area (Å²) in [5, 5.41) is 9.23. The van der Waals surface area contributed by atoms with Gasteiger partial charge in [0.25, 0.3) is 0 Å². The number of aliphatic hydroxyl groups excluding tert-OH is 1. The first kappa shape index (κ1) is 9.52. The molecule has 1 aromatic rings. The molecule has 1 fully saturated rings. The Bertz CT molecular complexity index is 293. The molecule has 0 radical (unpaired) electrons. The fraction of sp³-hybridized carbons (Fsp3) is 0.600. The van der Waals surface area contributed by atoms with E-state index < -0.39 is 12.3 Å². The molecule has 14 heavy (non-hydrogen) atoms. The van der Waals surface area contributed by atoms with Crippen molar-refractivity contribution in [2.24, 2.45) is 0 Å². The van der Waals surface area contributed by atoms with Gasteiger partial charge >= 0.3 is 0 Å². The molecule has 0 aliphatic heterocycles. The predicted octanol–water partition coefficient (Wildman–Crippen LogP) is 1.44. The van der Waals surface area contributed by atoms with Crippen molar-refractivity contribution >= 4 is 0 Å². The quantitative estimate of drug-likeness (QED) is 0.739. The minimum Gasteiger partial charge on any atom is -0.390 e. The van der Waals surface area contributed by atoms with Gasteiger partial charge in [-0.3, -0.25) is 9.97 Å². The first-order valence-electron chi connectivity index (χ1n) is 4.85. The van der Waals surface area contributed by atoms with Gasteiger partial charge in [0, 0.05) is 24.5 Å². The van der Waals surface area contributed by atoms with Gasteiger partial charge < -0.3 is 5.11 Å². The molecule has 0 saturated heterocycles. The Labute approximate surface area is 82.0 Å². The summed E-state index contributed by atoms with van der Waals surface area (Å²) in [6.07, 6.45) is 4.66. The zero-order valence-electron chi connectivity index (χ0n) is 7.81. The maximum atomic E-state index is 13.2. The number of aromatic nitrogens is 2. The molecule has 0 amide bonds. The maximum absolute atomic E-state index is 13.2. The summed E-state index contributed by atoms with van der Waals surface area (Å²) in [7, 11) is 0. The number of hydrogen-bond donors (Lipinski definition) is 1. The lowest BCUT2D eigenvalue weighted by molar-refractivity contribution is 0.0363. The van der Waals surface area contributed by atoms with Crippen molar-refractivity contribution < 1.29 is 9.50 Å². The highest BCUT2D eigenvalue weighted by Gasteiger charge is 2.30. The molecule has 2 rings (SSSR count). The molecule has 0 aromatic carbocycles. The van der Waals surface area contributed by atoms with Gasteiger partial charge in [0.2, 0.25) is 0 Å². The zero-order chi connectivity index (χ0) is 9.97. The summed E-state index contributed by atoms with van der Waals surface area (Å²) in [5.41, 5.74) is 0.835. The fourth-order valence-electron chi connectivity index (χ4n) is 1.89. The van der Waals surface area contributed by atoms with Crippen LogP contribution in [0, 0.1) is 0 Å². The Morgan fingerprint density at radius 3 is 2.86 bits per heavy atom. The summed E-state index contributed by atoms with van der Waals surface area (Å²) >= 11 is 0. The highest BCUT2D eigenvalue weighted by molar-refractivity contribution is 5.06. The number of aliphatic hydroxyl groups is 1. The van der Waals surface area contributed by atoms with E-state index in [0.29, 0.717) is 12.8 Å². The Morgan fingerprint density at radius 1 is 1.36 bits per heavy atom. The summed E-state index contributed by atoms with van der Waals surface area (Å²) in [5.74, 6) is 0.113. The van der Waals surface area contributed by atoms with Crippen molar-refractivity contribution in [2.75, 3.05) is 0 Å². The van der Waals surface area contributed by atoms with Crippen LogP contribution in [-0.2, 0) is 0 Å². The maximum Gasteiger partial charge on any atom is 0.127 e. The third kappa shape index (κ3) is 1.90. The summed E-state index contributed by atoms with van der Waals surface area (Å²) in [6, 6.07) is 0. The molecule has 1 aliphatic carbocycles. The van der Waals surface area contributed by atoms with Gasteiger partial charge in [0.1, 0.15) is 6.17 Å². The Morgan fingerprint density at radius 2 is 2.21 bits per heavy atom. The Hall–Kier alpha value is -1.03.